The van der Waals surface area contributed by atoms with Gasteiger partial charge in [-0.2, -0.15) is 0 Å². The normalized spacial score (nSPS) is 12.3. The summed E-state index contributed by atoms with van der Waals surface area (Å²) in [4.78, 5) is 6.68. The monoisotopic (exact) mass is 398 g/mol. The molecule has 27 heavy (non-hydrogen) atoms. The second kappa shape index (κ2) is 11.8. The van der Waals surface area contributed by atoms with Crippen LogP contribution in [0.1, 0.15) is 32.8 Å². The van der Waals surface area contributed by atoms with Gasteiger partial charge in [0, 0.05) is 40.3 Å². The van der Waals surface area contributed by atoms with Crippen LogP contribution >= 0.6 is 0 Å². The van der Waals surface area contributed by atoms with Crippen LogP contribution in [0.15, 0.2) is 29.3 Å². The fourth-order valence-corrected chi connectivity index (χ4v) is 3.36. The Labute approximate surface area is 164 Å². The first-order valence-electron chi connectivity index (χ1n) is 9.49. The van der Waals surface area contributed by atoms with E-state index in [0.717, 1.165) is 24.8 Å². The SMILES string of the molecule is CCNC(=NCCCN(C)S(=O)(=O)CC)N(C)Cc1ccc(OCC)cc1. The van der Waals surface area contributed by atoms with E-state index in [-0.39, 0.29) is 5.75 Å². The molecule has 0 aliphatic rings. The molecule has 0 unspecified atom stereocenters. The van der Waals surface area contributed by atoms with E-state index < -0.39 is 10.0 Å². The number of benzene rings is 1. The van der Waals surface area contributed by atoms with Crippen molar-refractivity contribution in [1.82, 2.24) is 14.5 Å². The molecule has 0 amide bonds. The Bertz CT molecular complexity index is 675. The van der Waals surface area contributed by atoms with Crippen LogP contribution in [0.25, 0.3) is 0 Å². The van der Waals surface area contributed by atoms with Gasteiger partial charge in [0.05, 0.1) is 12.4 Å². The van der Waals surface area contributed by atoms with E-state index in [1.54, 1.807) is 14.0 Å². The van der Waals surface area contributed by atoms with Gasteiger partial charge in [-0.05, 0) is 44.9 Å². The Morgan fingerprint density at radius 2 is 1.81 bits per heavy atom. The van der Waals surface area contributed by atoms with Gasteiger partial charge in [-0.3, -0.25) is 4.99 Å². The van der Waals surface area contributed by atoms with Crippen molar-refractivity contribution < 1.29 is 13.2 Å². The molecule has 0 atom stereocenters. The number of sulfonamides is 1. The minimum absolute atomic E-state index is 0.125. The number of hydrogen-bond acceptors (Lipinski definition) is 4. The molecule has 154 valence electrons. The maximum atomic E-state index is 11.8. The Balaban J connectivity index is 2.60. The average molecular weight is 399 g/mol. The molecule has 0 spiro atoms. The average Bonchev–Trinajstić information content (AvgIpc) is 2.65. The van der Waals surface area contributed by atoms with E-state index in [9.17, 15) is 8.42 Å². The topological polar surface area (TPSA) is 74.2 Å². The Kier molecular flexibility index (Phi) is 10.2. The first-order valence-corrected chi connectivity index (χ1v) is 11.1. The first-order chi connectivity index (χ1) is 12.8. The van der Waals surface area contributed by atoms with Crippen LogP contribution in [0, 0.1) is 0 Å². The molecule has 1 aromatic rings. The van der Waals surface area contributed by atoms with Crippen LogP contribution in [-0.2, 0) is 16.6 Å². The number of guanidine groups is 1. The van der Waals surface area contributed by atoms with Gasteiger partial charge in [0.1, 0.15) is 5.75 Å². The van der Waals surface area contributed by atoms with E-state index in [1.165, 1.54) is 9.87 Å². The van der Waals surface area contributed by atoms with Gasteiger partial charge in [-0.1, -0.05) is 12.1 Å². The molecule has 0 bridgehead atoms. The van der Waals surface area contributed by atoms with Gasteiger partial charge < -0.3 is 15.0 Å². The highest BCUT2D eigenvalue weighted by Crippen LogP contribution is 2.13. The molecule has 0 aromatic heterocycles. The number of aliphatic imine (C=N–C) groups is 1. The summed E-state index contributed by atoms with van der Waals surface area (Å²) in [6.07, 6.45) is 0.682. The predicted octanol–water partition coefficient (Wildman–Crippen LogP) is 2.15. The Morgan fingerprint density at radius 3 is 2.37 bits per heavy atom. The minimum atomic E-state index is -3.13. The lowest BCUT2D eigenvalue weighted by Crippen LogP contribution is -2.38. The standard InChI is InChI=1S/C19H34N4O3S/c1-6-20-19(21-14-9-15-23(5)27(24,25)8-3)22(4)16-17-10-12-18(13-11-17)26-7-2/h10-13H,6-9,14-16H2,1-5H3,(H,20,21). The number of ether oxygens (including phenoxy) is 1. The number of hydrogen-bond donors (Lipinski definition) is 1. The third-order valence-corrected chi connectivity index (χ3v) is 5.94. The summed E-state index contributed by atoms with van der Waals surface area (Å²) in [6.45, 7) is 8.85. The summed E-state index contributed by atoms with van der Waals surface area (Å²) in [5.41, 5.74) is 1.17. The van der Waals surface area contributed by atoms with Crippen LogP contribution in [0.2, 0.25) is 0 Å². The molecule has 0 radical (unpaired) electrons. The fourth-order valence-electron chi connectivity index (χ4n) is 2.51. The van der Waals surface area contributed by atoms with Crippen molar-refractivity contribution in [3.05, 3.63) is 29.8 Å². The molecule has 0 saturated carbocycles. The van der Waals surface area contributed by atoms with Crippen LogP contribution < -0.4 is 10.1 Å². The van der Waals surface area contributed by atoms with Crippen molar-refractivity contribution in [1.29, 1.82) is 0 Å². The molecule has 1 aromatic carbocycles. The molecule has 0 aliphatic carbocycles. The van der Waals surface area contributed by atoms with Gasteiger partial charge in [0.25, 0.3) is 0 Å². The van der Waals surface area contributed by atoms with Crippen molar-refractivity contribution in [2.45, 2.75) is 33.7 Å². The first kappa shape index (κ1) is 23.2. The van der Waals surface area contributed by atoms with Gasteiger partial charge in [-0.25, -0.2) is 12.7 Å². The van der Waals surface area contributed by atoms with Crippen LogP contribution in [0.5, 0.6) is 5.75 Å². The third kappa shape index (κ3) is 8.17. The molecule has 7 nitrogen and oxygen atoms in total. The van der Waals surface area contributed by atoms with Crippen molar-refractivity contribution >= 4 is 16.0 Å². The van der Waals surface area contributed by atoms with Gasteiger partial charge in [0.2, 0.25) is 10.0 Å². The number of rotatable bonds is 11. The van der Waals surface area contributed by atoms with Crippen LogP contribution in [0.4, 0.5) is 0 Å². The molecule has 1 N–H and O–H groups in total. The lowest BCUT2D eigenvalue weighted by molar-refractivity contribution is 0.340. The van der Waals surface area contributed by atoms with E-state index in [0.29, 0.717) is 26.1 Å². The quantitative estimate of drug-likeness (QED) is 0.351. The summed E-state index contributed by atoms with van der Waals surface area (Å²) in [5, 5.41) is 3.28. The Morgan fingerprint density at radius 1 is 1.15 bits per heavy atom. The van der Waals surface area contributed by atoms with E-state index in [2.05, 4.69) is 27.3 Å². The van der Waals surface area contributed by atoms with Crippen LogP contribution in [-0.4, -0.2) is 69.7 Å². The maximum absolute atomic E-state index is 11.8. The lowest BCUT2D eigenvalue weighted by atomic mass is 10.2. The summed E-state index contributed by atoms with van der Waals surface area (Å²) in [5.74, 6) is 1.81. The van der Waals surface area contributed by atoms with Crippen molar-refractivity contribution in [3.8, 4) is 5.75 Å². The van der Waals surface area contributed by atoms with Crippen molar-refractivity contribution in [2.75, 3.05) is 46.1 Å². The van der Waals surface area contributed by atoms with Crippen molar-refractivity contribution in [3.63, 3.8) is 0 Å². The molecular weight excluding hydrogens is 364 g/mol. The van der Waals surface area contributed by atoms with Gasteiger partial charge in [-0.15, -0.1) is 0 Å². The van der Waals surface area contributed by atoms with Crippen molar-refractivity contribution in [2.24, 2.45) is 4.99 Å². The summed E-state index contributed by atoms with van der Waals surface area (Å²) in [6, 6.07) is 8.05. The molecule has 8 heteroatoms. The zero-order chi connectivity index (χ0) is 20.3. The molecular formula is C19H34N4O3S. The molecule has 0 saturated heterocycles. The van der Waals surface area contributed by atoms with Gasteiger partial charge in [0.15, 0.2) is 5.96 Å². The zero-order valence-electron chi connectivity index (χ0n) is 17.2. The largest absolute Gasteiger partial charge is 0.494 e. The second-order valence-electron chi connectivity index (χ2n) is 6.24. The zero-order valence-corrected chi connectivity index (χ0v) is 18.1. The molecule has 0 fully saturated rings. The summed E-state index contributed by atoms with van der Waals surface area (Å²) in [7, 11) is 0.483. The highest BCUT2D eigenvalue weighted by Gasteiger charge is 2.14. The number of nitrogens with zero attached hydrogens (tertiary/aromatic N) is 3. The summed E-state index contributed by atoms with van der Waals surface area (Å²) < 4.78 is 30.4. The lowest BCUT2D eigenvalue weighted by Gasteiger charge is -2.22. The van der Waals surface area contributed by atoms with E-state index >= 15 is 0 Å². The highest BCUT2D eigenvalue weighted by molar-refractivity contribution is 7.89. The molecule has 0 aliphatic heterocycles. The van der Waals surface area contributed by atoms with E-state index in [4.69, 9.17) is 4.74 Å². The Hall–Kier alpha value is -1.80. The number of nitrogens with one attached hydrogen (secondary N) is 1. The molecule has 0 heterocycles. The van der Waals surface area contributed by atoms with E-state index in [1.807, 2.05) is 33.0 Å². The van der Waals surface area contributed by atoms with Crippen LogP contribution in [0.3, 0.4) is 0 Å². The third-order valence-electron chi connectivity index (χ3n) is 4.08. The second-order valence-corrected chi connectivity index (χ2v) is 8.61. The summed E-state index contributed by atoms with van der Waals surface area (Å²) >= 11 is 0. The minimum Gasteiger partial charge on any atom is -0.494 e. The highest BCUT2D eigenvalue weighted by atomic mass is 32.2. The maximum Gasteiger partial charge on any atom is 0.213 e. The van der Waals surface area contributed by atoms with Gasteiger partial charge >= 0.3 is 0 Å². The smallest absolute Gasteiger partial charge is 0.213 e. The molecule has 1 rings (SSSR count). The fraction of sp³-hybridized carbons (Fsp3) is 0.632. The predicted molar refractivity (Wildman–Crippen MR) is 112 cm³/mol.